The molecule has 1 amide bonds. The summed E-state index contributed by atoms with van der Waals surface area (Å²) in [6.07, 6.45) is 0. The Morgan fingerprint density at radius 3 is 2.42 bits per heavy atom. The molecule has 1 aromatic carbocycles. The molecule has 1 aliphatic carbocycles. The van der Waals surface area contributed by atoms with Gasteiger partial charge in [0.2, 0.25) is 5.91 Å². The summed E-state index contributed by atoms with van der Waals surface area (Å²) in [6, 6.07) is 4.72. The number of anilines is 1. The maximum atomic E-state index is 12.1. The summed E-state index contributed by atoms with van der Waals surface area (Å²) in [7, 11) is 0. The average molecular weight is 302 g/mol. The molecule has 4 nitrogen and oxygen atoms in total. The first-order valence-electron chi connectivity index (χ1n) is 5.74. The molecule has 0 spiro atoms. The summed E-state index contributed by atoms with van der Waals surface area (Å²) in [5.41, 5.74) is -0.146. The molecule has 2 atom stereocenters. The van der Waals surface area contributed by atoms with Crippen LogP contribution in [-0.4, -0.2) is 17.0 Å². The van der Waals surface area contributed by atoms with Crippen molar-refractivity contribution in [1.29, 1.82) is 0 Å². The molecule has 2 N–H and O–H groups in total. The number of aliphatic carboxylic acids is 1. The van der Waals surface area contributed by atoms with Crippen LogP contribution in [0.5, 0.6) is 0 Å². The van der Waals surface area contributed by atoms with E-state index in [1.54, 1.807) is 26.0 Å². The summed E-state index contributed by atoms with van der Waals surface area (Å²) in [5, 5.41) is 12.5. The molecule has 1 saturated carbocycles. The van der Waals surface area contributed by atoms with Crippen molar-refractivity contribution in [3.05, 3.63) is 28.2 Å². The summed E-state index contributed by atoms with van der Waals surface area (Å²) in [4.78, 5) is 23.1. The van der Waals surface area contributed by atoms with Gasteiger partial charge < -0.3 is 10.4 Å². The van der Waals surface area contributed by atoms with Gasteiger partial charge >= 0.3 is 5.97 Å². The normalized spacial score (nSPS) is 23.8. The van der Waals surface area contributed by atoms with E-state index in [0.29, 0.717) is 15.7 Å². The van der Waals surface area contributed by atoms with Crippen molar-refractivity contribution >= 4 is 40.8 Å². The second-order valence-corrected chi connectivity index (χ2v) is 6.07. The third-order valence-electron chi connectivity index (χ3n) is 3.56. The summed E-state index contributed by atoms with van der Waals surface area (Å²) in [6.45, 7) is 3.52. The van der Waals surface area contributed by atoms with Gasteiger partial charge in [0, 0.05) is 5.02 Å². The van der Waals surface area contributed by atoms with Crippen LogP contribution in [0, 0.1) is 17.3 Å². The average Bonchev–Trinajstić information content (AvgIpc) is 2.87. The molecule has 0 aromatic heterocycles. The topological polar surface area (TPSA) is 66.4 Å². The monoisotopic (exact) mass is 301 g/mol. The zero-order valence-electron chi connectivity index (χ0n) is 10.4. The van der Waals surface area contributed by atoms with E-state index in [1.165, 1.54) is 6.07 Å². The van der Waals surface area contributed by atoms with E-state index in [1.807, 2.05) is 0 Å². The number of carbonyl (C=O) groups is 2. The summed E-state index contributed by atoms with van der Waals surface area (Å²) in [5.74, 6) is -2.52. The van der Waals surface area contributed by atoms with Gasteiger partial charge in [0.1, 0.15) is 0 Å². The van der Waals surface area contributed by atoms with Crippen LogP contribution < -0.4 is 5.32 Å². The van der Waals surface area contributed by atoms with Gasteiger partial charge in [-0.1, -0.05) is 37.0 Å². The smallest absolute Gasteiger partial charge is 0.307 e. The SMILES string of the molecule is CC1(C)C(C(=O)O)C1C(=O)Nc1cc(Cl)ccc1Cl. The van der Waals surface area contributed by atoms with Gasteiger partial charge in [-0.3, -0.25) is 9.59 Å². The molecule has 1 fully saturated rings. The molecule has 1 aromatic rings. The molecular formula is C13H13Cl2NO3. The molecule has 6 heteroatoms. The van der Waals surface area contributed by atoms with Crippen LogP contribution in [0.15, 0.2) is 18.2 Å². The van der Waals surface area contributed by atoms with E-state index in [9.17, 15) is 9.59 Å². The third-order valence-corrected chi connectivity index (χ3v) is 4.13. The van der Waals surface area contributed by atoms with Crippen molar-refractivity contribution in [3.63, 3.8) is 0 Å². The molecule has 2 rings (SSSR count). The maximum Gasteiger partial charge on any atom is 0.307 e. The lowest BCUT2D eigenvalue weighted by Gasteiger charge is -2.08. The lowest BCUT2D eigenvalue weighted by atomic mass is 10.1. The number of nitrogens with one attached hydrogen (secondary N) is 1. The third kappa shape index (κ3) is 2.55. The van der Waals surface area contributed by atoms with Crippen molar-refractivity contribution in [1.82, 2.24) is 0 Å². The predicted molar refractivity (Wildman–Crippen MR) is 73.5 cm³/mol. The van der Waals surface area contributed by atoms with Gasteiger partial charge in [0.25, 0.3) is 0 Å². The van der Waals surface area contributed by atoms with Crippen molar-refractivity contribution in [2.24, 2.45) is 17.3 Å². The number of carbonyl (C=O) groups excluding carboxylic acids is 1. The Bertz CT molecular complexity index is 557. The van der Waals surface area contributed by atoms with Gasteiger partial charge in [-0.25, -0.2) is 0 Å². The van der Waals surface area contributed by atoms with E-state index in [2.05, 4.69) is 5.32 Å². The minimum Gasteiger partial charge on any atom is -0.481 e. The van der Waals surface area contributed by atoms with Crippen LogP contribution in [0.1, 0.15) is 13.8 Å². The minimum atomic E-state index is -0.956. The molecule has 0 aliphatic heterocycles. The molecule has 0 radical (unpaired) electrons. The van der Waals surface area contributed by atoms with Crippen LogP contribution in [-0.2, 0) is 9.59 Å². The number of carboxylic acids is 1. The number of carboxylic acid groups (broad SMARTS) is 1. The lowest BCUT2D eigenvalue weighted by molar-refractivity contribution is -0.140. The zero-order chi connectivity index (χ0) is 14.4. The van der Waals surface area contributed by atoms with E-state index in [0.717, 1.165) is 0 Å². The van der Waals surface area contributed by atoms with Crippen molar-refractivity contribution < 1.29 is 14.7 Å². The predicted octanol–water partition coefficient (Wildman–Crippen LogP) is 3.29. The van der Waals surface area contributed by atoms with Crippen LogP contribution in [0.2, 0.25) is 10.0 Å². The minimum absolute atomic E-state index is 0.346. The molecule has 0 heterocycles. The van der Waals surface area contributed by atoms with Gasteiger partial charge in [-0.2, -0.15) is 0 Å². The van der Waals surface area contributed by atoms with Gasteiger partial charge in [0.05, 0.1) is 22.5 Å². The van der Waals surface area contributed by atoms with Gasteiger partial charge in [-0.05, 0) is 23.6 Å². The number of hydrogen-bond acceptors (Lipinski definition) is 2. The Labute approximate surface area is 120 Å². The van der Waals surface area contributed by atoms with Crippen LogP contribution in [0.25, 0.3) is 0 Å². The van der Waals surface area contributed by atoms with E-state index < -0.39 is 23.2 Å². The van der Waals surface area contributed by atoms with E-state index in [-0.39, 0.29) is 5.91 Å². The van der Waals surface area contributed by atoms with Gasteiger partial charge in [-0.15, -0.1) is 0 Å². The molecule has 0 saturated heterocycles. The molecule has 2 unspecified atom stereocenters. The van der Waals surface area contributed by atoms with Crippen molar-refractivity contribution in [2.75, 3.05) is 5.32 Å². The van der Waals surface area contributed by atoms with E-state index in [4.69, 9.17) is 28.3 Å². The van der Waals surface area contributed by atoms with Crippen LogP contribution in [0.4, 0.5) is 5.69 Å². The quantitative estimate of drug-likeness (QED) is 0.900. The Morgan fingerprint density at radius 1 is 1.26 bits per heavy atom. The fourth-order valence-corrected chi connectivity index (χ4v) is 2.73. The standard InChI is InChI=1S/C13H13Cl2NO3/c1-13(2)9(10(13)12(18)19)11(17)16-8-5-6(14)3-4-7(8)15/h3-5,9-10H,1-2H3,(H,16,17)(H,18,19). The number of halogens is 2. The highest BCUT2D eigenvalue weighted by Gasteiger charge is 2.65. The number of amides is 1. The fraction of sp³-hybridized carbons (Fsp3) is 0.385. The van der Waals surface area contributed by atoms with Crippen LogP contribution >= 0.6 is 23.2 Å². The first kappa shape index (κ1) is 14.2. The van der Waals surface area contributed by atoms with E-state index >= 15 is 0 Å². The zero-order valence-corrected chi connectivity index (χ0v) is 11.9. The molecule has 102 valence electrons. The second kappa shape index (κ2) is 4.69. The number of rotatable bonds is 3. The van der Waals surface area contributed by atoms with Gasteiger partial charge in [0.15, 0.2) is 0 Å². The first-order chi connectivity index (χ1) is 8.75. The molecular weight excluding hydrogens is 289 g/mol. The fourth-order valence-electron chi connectivity index (χ4n) is 2.39. The highest BCUT2D eigenvalue weighted by molar-refractivity contribution is 6.35. The van der Waals surface area contributed by atoms with Crippen molar-refractivity contribution in [3.8, 4) is 0 Å². The Kier molecular flexibility index (Phi) is 3.49. The highest BCUT2D eigenvalue weighted by Crippen LogP contribution is 2.58. The number of benzene rings is 1. The molecule has 0 bridgehead atoms. The lowest BCUT2D eigenvalue weighted by Crippen LogP contribution is -2.18. The molecule has 1 aliphatic rings. The highest BCUT2D eigenvalue weighted by atomic mass is 35.5. The Morgan fingerprint density at radius 2 is 1.89 bits per heavy atom. The van der Waals surface area contributed by atoms with Crippen molar-refractivity contribution in [2.45, 2.75) is 13.8 Å². The summed E-state index contributed by atoms with van der Waals surface area (Å²) >= 11 is 11.8. The second-order valence-electron chi connectivity index (χ2n) is 5.23. The number of hydrogen-bond donors (Lipinski definition) is 2. The Hall–Kier alpha value is -1.26. The molecule has 19 heavy (non-hydrogen) atoms. The first-order valence-corrected chi connectivity index (χ1v) is 6.49. The Balaban J connectivity index is 2.15. The van der Waals surface area contributed by atoms with Crippen LogP contribution in [0.3, 0.4) is 0 Å². The summed E-state index contributed by atoms with van der Waals surface area (Å²) < 4.78 is 0. The largest absolute Gasteiger partial charge is 0.481 e. The maximum absolute atomic E-state index is 12.1.